The summed E-state index contributed by atoms with van der Waals surface area (Å²) < 4.78 is 0. The lowest BCUT2D eigenvalue weighted by molar-refractivity contribution is -0.167. The molecule has 0 aromatic heterocycles. The predicted molar refractivity (Wildman–Crippen MR) is 38.0 cm³/mol. The largest absolute Gasteiger partial charge is 0.355 e. The summed E-state index contributed by atoms with van der Waals surface area (Å²) in [6.45, 7) is 0. The van der Waals surface area contributed by atoms with Crippen LogP contribution < -0.4 is 11.2 Å². The van der Waals surface area contributed by atoms with E-state index in [1.807, 2.05) is 5.48 Å². The van der Waals surface area contributed by atoms with Gasteiger partial charge in [-0.15, -0.1) is 0 Å². The van der Waals surface area contributed by atoms with Crippen LogP contribution in [0.15, 0.2) is 0 Å². The van der Waals surface area contributed by atoms with E-state index in [0.717, 1.165) is 4.90 Å². The van der Waals surface area contributed by atoms with Gasteiger partial charge < -0.3 is 5.11 Å². The molecule has 0 bridgehead atoms. The summed E-state index contributed by atoms with van der Waals surface area (Å²) in [4.78, 5) is 16.3. The molecule has 6 heteroatoms. The third-order valence-corrected chi connectivity index (χ3v) is 1.21. The second-order valence-electron chi connectivity index (χ2n) is 2.26. The maximum atomic E-state index is 10.9. The van der Waals surface area contributed by atoms with E-state index < -0.39 is 11.8 Å². The average molecular weight is 163 g/mol. The number of aliphatic hydroxyl groups is 1. The molecule has 11 heavy (non-hydrogen) atoms. The Labute approximate surface area is 64.9 Å². The second kappa shape index (κ2) is 3.63. The van der Waals surface area contributed by atoms with Crippen molar-refractivity contribution in [1.29, 1.82) is 0 Å². The fourth-order valence-electron chi connectivity index (χ4n) is 0.371. The fraction of sp³-hybridized carbons (Fsp3) is 0.800. The first-order valence-corrected chi connectivity index (χ1v) is 2.95. The highest BCUT2D eigenvalue weighted by molar-refractivity contribution is 5.82. The molecule has 0 aliphatic heterocycles. The number of hydrogen-bond donors (Lipinski definition) is 3. The molecule has 0 aromatic rings. The van der Waals surface area contributed by atoms with Crippen molar-refractivity contribution in [3.05, 3.63) is 0 Å². The molecule has 0 aliphatic carbocycles. The Morgan fingerprint density at radius 1 is 1.73 bits per heavy atom. The van der Waals surface area contributed by atoms with Crippen LogP contribution in [0.1, 0.15) is 0 Å². The van der Waals surface area contributed by atoms with Crippen molar-refractivity contribution in [1.82, 2.24) is 10.4 Å². The molecule has 1 amide bonds. The summed E-state index contributed by atoms with van der Waals surface area (Å²) in [7, 11) is 4.19. The van der Waals surface area contributed by atoms with Crippen molar-refractivity contribution >= 4 is 5.91 Å². The van der Waals surface area contributed by atoms with E-state index in [0.29, 0.717) is 0 Å². The Hall–Kier alpha value is -0.690. The van der Waals surface area contributed by atoms with Gasteiger partial charge in [0.05, 0.1) is 7.11 Å². The molecule has 0 saturated heterocycles. The molecule has 66 valence electrons. The predicted octanol–water partition coefficient (Wildman–Crippen LogP) is -2.17. The zero-order chi connectivity index (χ0) is 9.07. The zero-order valence-electron chi connectivity index (χ0n) is 6.79. The van der Waals surface area contributed by atoms with E-state index in [9.17, 15) is 9.90 Å². The van der Waals surface area contributed by atoms with E-state index in [-0.39, 0.29) is 0 Å². The molecule has 0 aromatic carbocycles. The maximum absolute atomic E-state index is 10.9. The maximum Gasteiger partial charge on any atom is 0.307 e. The van der Waals surface area contributed by atoms with Crippen LogP contribution in [0.25, 0.3) is 0 Å². The molecule has 1 unspecified atom stereocenters. The molecule has 0 radical (unpaired) electrons. The average Bonchev–Trinajstić information content (AvgIpc) is 1.88. The molecule has 6 nitrogen and oxygen atoms in total. The van der Waals surface area contributed by atoms with Gasteiger partial charge in [0.2, 0.25) is 0 Å². The van der Waals surface area contributed by atoms with Crippen LogP contribution >= 0.6 is 0 Å². The lowest BCUT2D eigenvalue weighted by Crippen LogP contribution is -2.62. The summed E-state index contributed by atoms with van der Waals surface area (Å²) in [5, 5.41) is 9.20. The number of hydroxylamine groups is 1. The lowest BCUT2D eigenvalue weighted by Gasteiger charge is -2.27. The molecule has 0 rings (SSSR count). The highest BCUT2D eigenvalue weighted by Gasteiger charge is 2.33. The molecule has 0 saturated carbocycles. The van der Waals surface area contributed by atoms with Gasteiger partial charge in [-0.1, -0.05) is 0 Å². The molecule has 0 fully saturated rings. The summed E-state index contributed by atoms with van der Waals surface area (Å²) in [6.07, 6.45) is 0. The zero-order valence-corrected chi connectivity index (χ0v) is 6.79. The molecular weight excluding hydrogens is 150 g/mol. The smallest absolute Gasteiger partial charge is 0.307 e. The van der Waals surface area contributed by atoms with Gasteiger partial charge in [-0.2, -0.15) is 0 Å². The van der Waals surface area contributed by atoms with E-state index >= 15 is 0 Å². The Bertz CT molecular complexity index is 146. The summed E-state index contributed by atoms with van der Waals surface area (Å²) >= 11 is 0. The van der Waals surface area contributed by atoms with Crippen molar-refractivity contribution in [2.24, 2.45) is 5.73 Å². The highest BCUT2D eigenvalue weighted by Crippen LogP contribution is 1.97. The minimum Gasteiger partial charge on any atom is -0.355 e. The van der Waals surface area contributed by atoms with E-state index in [1.165, 1.54) is 21.2 Å². The topological polar surface area (TPSA) is 87.8 Å². The minimum atomic E-state index is -2.03. The van der Waals surface area contributed by atoms with Crippen LogP contribution in [0.3, 0.4) is 0 Å². The molecular formula is C5H13N3O3. The van der Waals surface area contributed by atoms with Gasteiger partial charge in [-0.05, 0) is 14.1 Å². The van der Waals surface area contributed by atoms with Crippen LogP contribution in [0.4, 0.5) is 0 Å². The second-order valence-corrected chi connectivity index (χ2v) is 2.26. The third-order valence-electron chi connectivity index (χ3n) is 1.21. The number of nitrogens with zero attached hydrogens (tertiary/aromatic N) is 1. The first kappa shape index (κ1) is 10.3. The van der Waals surface area contributed by atoms with Crippen LogP contribution in [0.5, 0.6) is 0 Å². The van der Waals surface area contributed by atoms with Crippen LogP contribution in [0.2, 0.25) is 0 Å². The number of amides is 1. The normalized spacial score (nSPS) is 16.2. The van der Waals surface area contributed by atoms with Crippen molar-refractivity contribution in [3.63, 3.8) is 0 Å². The quantitative estimate of drug-likeness (QED) is 0.325. The van der Waals surface area contributed by atoms with E-state index in [1.54, 1.807) is 0 Å². The van der Waals surface area contributed by atoms with Crippen LogP contribution in [0, 0.1) is 0 Å². The number of nitrogens with one attached hydrogen (secondary N) is 1. The standard InChI is InChI=1S/C5H13N3O3/c1-8(2)5(6,10)4(9)7-11-3/h10H,6H2,1-3H3,(H,7,9). The van der Waals surface area contributed by atoms with E-state index in [4.69, 9.17) is 5.73 Å². The number of carbonyl (C=O) groups is 1. The van der Waals surface area contributed by atoms with Crippen molar-refractivity contribution in [2.45, 2.75) is 5.85 Å². The van der Waals surface area contributed by atoms with Gasteiger partial charge in [0.15, 0.2) is 0 Å². The highest BCUT2D eigenvalue weighted by atomic mass is 16.6. The molecule has 0 heterocycles. The van der Waals surface area contributed by atoms with Gasteiger partial charge in [-0.25, -0.2) is 5.48 Å². The molecule has 0 aliphatic rings. The van der Waals surface area contributed by atoms with Crippen LogP contribution in [-0.2, 0) is 9.63 Å². The molecule has 0 spiro atoms. The Balaban J connectivity index is 4.18. The third kappa shape index (κ3) is 2.43. The number of carbonyl (C=O) groups excluding carboxylic acids is 1. The lowest BCUT2D eigenvalue weighted by atomic mass is 10.4. The molecule has 4 N–H and O–H groups in total. The van der Waals surface area contributed by atoms with Gasteiger partial charge >= 0.3 is 5.91 Å². The van der Waals surface area contributed by atoms with Crippen molar-refractivity contribution < 1.29 is 14.7 Å². The van der Waals surface area contributed by atoms with Gasteiger partial charge in [0, 0.05) is 0 Å². The number of rotatable bonds is 3. The van der Waals surface area contributed by atoms with Crippen LogP contribution in [-0.4, -0.2) is 43.0 Å². The van der Waals surface area contributed by atoms with Gasteiger partial charge in [0.25, 0.3) is 5.85 Å². The Morgan fingerprint density at radius 3 is 2.45 bits per heavy atom. The van der Waals surface area contributed by atoms with Crippen molar-refractivity contribution in [2.75, 3.05) is 21.2 Å². The van der Waals surface area contributed by atoms with E-state index in [2.05, 4.69) is 4.84 Å². The van der Waals surface area contributed by atoms with Gasteiger partial charge in [0.1, 0.15) is 0 Å². The Morgan fingerprint density at radius 2 is 2.18 bits per heavy atom. The van der Waals surface area contributed by atoms with Crippen molar-refractivity contribution in [3.8, 4) is 0 Å². The number of hydrogen-bond acceptors (Lipinski definition) is 5. The summed E-state index contributed by atoms with van der Waals surface area (Å²) in [6, 6.07) is 0. The minimum absolute atomic E-state index is 0.815. The Kier molecular flexibility index (Phi) is 3.40. The number of likely N-dealkylation sites (N-methyl/N-ethyl adjacent to an activating group) is 1. The summed E-state index contributed by atoms with van der Waals surface area (Å²) in [5.74, 6) is -2.85. The number of nitrogens with two attached hydrogens (primary N) is 1. The first-order valence-electron chi connectivity index (χ1n) is 2.95. The monoisotopic (exact) mass is 163 g/mol. The SMILES string of the molecule is CONC(=O)C(N)(O)N(C)C. The summed E-state index contributed by atoms with van der Waals surface area (Å²) in [5.41, 5.74) is 7.09. The fourth-order valence-corrected chi connectivity index (χ4v) is 0.371. The van der Waals surface area contributed by atoms with Gasteiger partial charge in [-0.3, -0.25) is 20.3 Å². The first-order chi connectivity index (χ1) is 4.92. The molecule has 1 atom stereocenters.